The van der Waals surface area contributed by atoms with Crippen LogP contribution in [0, 0.1) is 0 Å². The Morgan fingerprint density at radius 1 is 1.31 bits per heavy atom. The average Bonchev–Trinajstić information content (AvgIpc) is 2.13. The maximum Gasteiger partial charge on any atom is 0.0488 e. The minimum absolute atomic E-state index is 0.0380. The maximum atomic E-state index is 5.43. The van der Waals surface area contributed by atoms with Crippen molar-refractivity contribution in [2.75, 3.05) is 0 Å². The maximum absolute atomic E-state index is 5.43. The van der Waals surface area contributed by atoms with Crippen LogP contribution in [0.3, 0.4) is 0 Å². The summed E-state index contributed by atoms with van der Waals surface area (Å²) in [7, 11) is 0. The molecule has 1 N–H and O–H groups in total. The lowest BCUT2D eigenvalue weighted by Gasteiger charge is -2.33. The molecule has 1 aromatic carbocycles. The van der Waals surface area contributed by atoms with Gasteiger partial charge in [-0.15, -0.1) is 0 Å². The molecular formula is C11H13NS. The molecule has 0 aromatic heterocycles. The van der Waals surface area contributed by atoms with Gasteiger partial charge in [0.2, 0.25) is 0 Å². The zero-order chi connectivity index (χ0) is 9.47. The van der Waals surface area contributed by atoms with E-state index >= 15 is 0 Å². The molecule has 2 heteroatoms. The molecule has 1 aromatic rings. The van der Waals surface area contributed by atoms with Crippen molar-refractivity contribution in [2.45, 2.75) is 25.9 Å². The van der Waals surface area contributed by atoms with E-state index in [0.717, 1.165) is 11.4 Å². The second kappa shape index (κ2) is 2.89. The van der Waals surface area contributed by atoms with Crippen molar-refractivity contribution in [1.82, 2.24) is 5.32 Å². The third-order valence-electron chi connectivity index (χ3n) is 2.55. The fraction of sp³-hybridized carbons (Fsp3) is 0.364. The summed E-state index contributed by atoms with van der Waals surface area (Å²) in [5, 5.41) is 3.42. The molecule has 0 saturated heterocycles. The molecule has 0 aliphatic carbocycles. The van der Waals surface area contributed by atoms with E-state index in [-0.39, 0.29) is 5.54 Å². The molecule has 0 bridgehead atoms. The van der Waals surface area contributed by atoms with Crippen molar-refractivity contribution in [3.8, 4) is 0 Å². The van der Waals surface area contributed by atoms with E-state index in [0.29, 0.717) is 0 Å². The Kier molecular flexibility index (Phi) is 1.97. The highest BCUT2D eigenvalue weighted by molar-refractivity contribution is 7.81. The number of thiocarbonyl (C=S) groups is 1. The predicted molar refractivity (Wildman–Crippen MR) is 59.1 cm³/mol. The molecule has 68 valence electrons. The quantitative estimate of drug-likeness (QED) is 0.631. The summed E-state index contributed by atoms with van der Waals surface area (Å²) in [4.78, 5) is 1.02. The summed E-state index contributed by atoms with van der Waals surface area (Å²) in [5.74, 6) is 0. The van der Waals surface area contributed by atoms with E-state index in [4.69, 9.17) is 12.2 Å². The molecule has 1 nitrogen and oxygen atoms in total. The summed E-state index contributed by atoms with van der Waals surface area (Å²) in [6.07, 6.45) is 0. The van der Waals surface area contributed by atoms with Crippen LogP contribution in [0.2, 0.25) is 0 Å². The Labute approximate surface area is 84.2 Å². The molecule has 0 radical (unpaired) electrons. The molecule has 13 heavy (non-hydrogen) atoms. The molecule has 0 spiro atoms. The Morgan fingerprint density at radius 3 is 2.77 bits per heavy atom. The highest BCUT2D eigenvalue weighted by Gasteiger charge is 2.29. The lowest BCUT2D eigenvalue weighted by molar-refractivity contribution is 0.497. The summed E-state index contributed by atoms with van der Waals surface area (Å²) in [6, 6.07) is 8.35. The van der Waals surface area contributed by atoms with E-state index in [9.17, 15) is 0 Å². The van der Waals surface area contributed by atoms with Gasteiger partial charge >= 0.3 is 0 Å². The molecule has 1 aliphatic heterocycles. The number of hydrogen-bond donors (Lipinski definition) is 1. The van der Waals surface area contributed by atoms with Gasteiger partial charge in [0.1, 0.15) is 0 Å². The molecule has 0 fully saturated rings. The first-order valence-electron chi connectivity index (χ1n) is 4.49. The van der Waals surface area contributed by atoms with Gasteiger partial charge in [0.15, 0.2) is 0 Å². The number of hydrogen-bond acceptors (Lipinski definition) is 2. The smallest absolute Gasteiger partial charge is 0.0488 e. The summed E-state index contributed by atoms with van der Waals surface area (Å²) < 4.78 is 0. The van der Waals surface area contributed by atoms with Crippen LogP contribution in [0.15, 0.2) is 24.3 Å². The van der Waals surface area contributed by atoms with Crippen molar-refractivity contribution < 1.29 is 0 Å². The molecule has 0 amide bonds. The fourth-order valence-electron chi connectivity index (χ4n) is 1.63. The van der Waals surface area contributed by atoms with Crippen molar-refractivity contribution in [3.63, 3.8) is 0 Å². The Morgan fingerprint density at radius 2 is 2.00 bits per heavy atom. The van der Waals surface area contributed by atoms with Gasteiger partial charge in [-0.1, -0.05) is 36.5 Å². The largest absolute Gasteiger partial charge is 0.303 e. The summed E-state index contributed by atoms with van der Waals surface area (Å²) in [5.41, 5.74) is 2.51. The van der Waals surface area contributed by atoms with Crippen LogP contribution in [-0.4, -0.2) is 10.4 Å². The Balaban J connectivity index is 2.52. The van der Waals surface area contributed by atoms with Crippen molar-refractivity contribution in [2.24, 2.45) is 0 Å². The lowest BCUT2D eigenvalue weighted by atomic mass is 9.87. The lowest BCUT2D eigenvalue weighted by Crippen LogP contribution is -2.49. The fourth-order valence-corrected chi connectivity index (χ4v) is 1.90. The van der Waals surface area contributed by atoms with Gasteiger partial charge in [0.25, 0.3) is 0 Å². The van der Waals surface area contributed by atoms with E-state index in [1.54, 1.807) is 0 Å². The minimum atomic E-state index is -0.0380. The molecule has 2 rings (SSSR count). The highest BCUT2D eigenvalue weighted by Crippen LogP contribution is 2.23. The first-order chi connectivity index (χ1) is 6.11. The Hall–Kier alpha value is -0.730. The second-order valence-corrected chi connectivity index (χ2v) is 4.37. The third-order valence-corrected chi connectivity index (χ3v) is 3.28. The summed E-state index contributed by atoms with van der Waals surface area (Å²) >= 11 is 5.43. The molecule has 1 aliphatic rings. The third kappa shape index (κ3) is 1.40. The number of fused-ring (bicyclic) bond motifs is 1. The van der Waals surface area contributed by atoms with Crippen molar-refractivity contribution >= 4 is 17.1 Å². The van der Waals surface area contributed by atoms with E-state index in [2.05, 4.69) is 37.4 Å². The van der Waals surface area contributed by atoms with Crippen molar-refractivity contribution in [1.29, 1.82) is 0 Å². The average molecular weight is 191 g/mol. The van der Waals surface area contributed by atoms with Crippen LogP contribution in [0.5, 0.6) is 0 Å². The molecular weight excluding hydrogens is 178 g/mol. The van der Waals surface area contributed by atoms with Gasteiger partial charge in [0, 0.05) is 16.9 Å². The van der Waals surface area contributed by atoms with Crippen molar-refractivity contribution in [3.05, 3.63) is 35.4 Å². The number of nitrogens with one attached hydrogen (secondary N) is 1. The second-order valence-electron chi connectivity index (χ2n) is 3.96. The zero-order valence-electron chi connectivity index (χ0n) is 7.92. The molecule has 0 atom stereocenters. The SMILES string of the molecule is CC1(C)NCc2ccccc2C1=S. The van der Waals surface area contributed by atoms with Crippen LogP contribution in [0.4, 0.5) is 0 Å². The molecule has 0 saturated carbocycles. The Bertz CT molecular complexity index is 355. The van der Waals surface area contributed by atoms with Crippen LogP contribution in [-0.2, 0) is 6.54 Å². The standard InChI is InChI=1S/C11H13NS/c1-11(2)10(13)9-6-4-3-5-8(9)7-12-11/h3-6,12H,7H2,1-2H3. The number of benzene rings is 1. The van der Waals surface area contributed by atoms with Gasteiger partial charge in [-0.3, -0.25) is 0 Å². The zero-order valence-corrected chi connectivity index (χ0v) is 8.74. The first kappa shape index (κ1) is 8.85. The van der Waals surface area contributed by atoms with E-state index < -0.39 is 0 Å². The molecule has 1 heterocycles. The minimum Gasteiger partial charge on any atom is -0.303 e. The number of rotatable bonds is 0. The van der Waals surface area contributed by atoms with Crippen LogP contribution in [0.1, 0.15) is 25.0 Å². The summed E-state index contributed by atoms with van der Waals surface area (Å²) in [6.45, 7) is 5.18. The van der Waals surface area contributed by atoms with Gasteiger partial charge in [-0.25, -0.2) is 0 Å². The van der Waals surface area contributed by atoms with Gasteiger partial charge < -0.3 is 5.32 Å². The highest BCUT2D eigenvalue weighted by atomic mass is 32.1. The molecule has 0 unspecified atom stereocenters. The van der Waals surface area contributed by atoms with E-state index in [1.807, 2.05) is 6.07 Å². The predicted octanol–water partition coefficient (Wildman–Crippen LogP) is 2.29. The normalized spacial score (nSPS) is 19.7. The monoisotopic (exact) mass is 191 g/mol. The van der Waals surface area contributed by atoms with Gasteiger partial charge in [-0.05, 0) is 25.0 Å². The van der Waals surface area contributed by atoms with Gasteiger partial charge in [0.05, 0.1) is 0 Å². The van der Waals surface area contributed by atoms with E-state index in [1.165, 1.54) is 11.1 Å². The van der Waals surface area contributed by atoms with Crippen LogP contribution >= 0.6 is 12.2 Å². The van der Waals surface area contributed by atoms with Crippen LogP contribution < -0.4 is 5.32 Å². The first-order valence-corrected chi connectivity index (χ1v) is 4.90. The van der Waals surface area contributed by atoms with Gasteiger partial charge in [-0.2, -0.15) is 0 Å². The topological polar surface area (TPSA) is 12.0 Å². The van der Waals surface area contributed by atoms with Crippen LogP contribution in [0.25, 0.3) is 0 Å².